The number of para-hydroxylation sites is 1. The molecule has 1 aromatic heterocycles. The molecule has 1 amide bonds. The zero-order valence-corrected chi connectivity index (χ0v) is 17.7. The molecule has 2 N–H and O–H groups in total. The van der Waals surface area contributed by atoms with Crippen LogP contribution in [0.3, 0.4) is 0 Å². The Morgan fingerprint density at radius 1 is 1.16 bits per heavy atom. The molecule has 0 radical (unpaired) electrons. The lowest BCUT2D eigenvalue weighted by Crippen LogP contribution is -2.31. The van der Waals surface area contributed by atoms with Gasteiger partial charge in [0.05, 0.1) is 10.6 Å². The van der Waals surface area contributed by atoms with E-state index in [1.165, 1.54) is 12.4 Å². The van der Waals surface area contributed by atoms with Crippen LogP contribution < -0.4 is 10.0 Å². The number of aliphatic imine (C=N–C) groups is 1. The first-order chi connectivity index (χ1) is 15.0. The lowest BCUT2D eigenvalue weighted by atomic mass is 10.1. The van der Waals surface area contributed by atoms with Crippen LogP contribution in [-0.4, -0.2) is 41.0 Å². The molecule has 1 aliphatic heterocycles. The molecule has 1 atom stereocenters. The Morgan fingerprint density at radius 2 is 1.90 bits per heavy atom. The summed E-state index contributed by atoms with van der Waals surface area (Å²) >= 11 is 0. The van der Waals surface area contributed by atoms with Crippen LogP contribution in [0.1, 0.15) is 31.7 Å². The highest BCUT2D eigenvalue weighted by molar-refractivity contribution is 7.90. The van der Waals surface area contributed by atoms with Crippen molar-refractivity contribution in [3.05, 3.63) is 66.5 Å². The van der Waals surface area contributed by atoms with Crippen molar-refractivity contribution in [3.8, 4) is 5.69 Å². The zero-order valence-electron chi connectivity index (χ0n) is 16.9. The smallest absolute Gasteiger partial charge is 0.263 e. The second-order valence-electron chi connectivity index (χ2n) is 7.09. The van der Waals surface area contributed by atoms with Crippen LogP contribution in [0.5, 0.6) is 0 Å². The molecule has 0 fully saturated rings. The van der Waals surface area contributed by atoms with Crippen molar-refractivity contribution in [1.29, 1.82) is 0 Å². The summed E-state index contributed by atoms with van der Waals surface area (Å²) in [5.41, 5.74) is 1.26. The largest absolute Gasteiger partial charge is 0.292 e. The van der Waals surface area contributed by atoms with Gasteiger partial charge in [-0.3, -0.25) is 24.4 Å². The van der Waals surface area contributed by atoms with Gasteiger partial charge in [-0.2, -0.15) is 0 Å². The summed E-state index contributed by atoms with van der Waals surface area (Å²) in [6.07, 6.45) is 3.61. The van der Waals surface area contributed by atoms with Crippen molar-refractivity contribution < 1.29 is 13.2 Å². The Morgan fingerprint density at radius 3 is 2.68 bits per heavy atom. The van der Waals surface area contributed by atoms with Gasteiger partial charge < -0.3 is 0 Å². The van der Waals surface area contributed by atoms with Crippen LogP contribution >= 0.6 is 0 Å². The average Bonchev–Trinajstić information content (AvgIpc) is 3.34. The van der Waals surface area contributed by atoms with E-state index < -0.39 is 16.1 Å². The minimum Gasteiger partial charge on any atom is -0.292 e. The van der Waals surface area contributed by atoms with Crippen molar-refractivity contribution in [2.45, 2.75) is 37.1 Å². The number of hydrogen-bond donors (Lipinski definition) is 2. The van der Waals surface area contributed by atoms with Gasteiger partial charge in [-0.1, -0.05) is 50.1 Å². The number of sulfonamides is 1. The maximum absolute atomic E-state index is 13.1. The summed E-state index contributed by atoms with van der Waals surface area (Å²) in [5.74, 6) is 0.0661. The van der Waals surface area contributed by atoms with E-state index in [2.05, 4.69) is 25.2 Å². The third-order valence-corrected chi connectivity index (χ3v) is 6.30. The number of amides is 1. The molecular formula is C21H22N6O3S. The van der Waals surface area contributed by atoms with Crippen molar-refractivity contribution in [2.75, 3.05) is 5.32 Å². The fourth-order valence-corrected chi connectivity index (χ4v) is 4.57. The highest BCUT2D eigenvalue weighted by Gasteiger charge is 2.32. The van der Waals surface area contributed by atoms with Gasteiger partial charge in [0.25, 0.3) is 15.9 Å². The lowest BCUT2D eigenvalue weighted by Gasteiger charge is -2.14. The van der Waals surface area contributed by atoms with Gasteiger partial charge in [0.15, 0.2) is 0 Å². The first-order valence-corrected chi connectivity index (χ1v) is 11.4. The van der Waals surface area contributed by atoms with Crippen LogP contribution in [0, 0.1) is 0 Å². The lowest BCUT2D eigenvalue weighted by molar-refractivity contribution is -0.117. The van der Waals surface area contributed by atoms with Gasteiger partial charge in [0, 0.05) is 5.56 Å². The molecule has 4 rings (SSSR count). The Balaban J connectivity index is 1.62. The van der Waals surface area contributed by atoms with Crippen LogP contribution in [0.2, 0.25) is 0 Å². The Bertz CT molecular complexity index is 1220. The summed E-state index contributed by atoms with van der Waals surface area (Å²) in [4.78, 5) is 17.7. The van der Waals surface area contributed by atoms with Gasteiger partial charge in [-0.25, -0.2) is 8.42 Å². The molecule has 160 valence electrons. The molecule has 0 spiro atoms. The van der Waals surface area contributed by atoms with Gasteiger partial charge in [-0.05, 0) is 30.7 Å². The number of fused-ring (bicyclic) bond motifs is 1. The minimum absolute atomic E-state index is 0.159. The number of unbranched alkanes of at least 4 members (excludes halogenated alkanes) is 1. The second kappa shape index (κ2) is 8.68. The number of anilines is 1. The number of nitrogens with zero attached hydrogens (tertiary/aromatic N) is 4. The van der Waals surface area contributed by atoms with E-state index in [0.717, 1.165) is 18.5 Å². The highest BCUT2D eigenvalue weighted by atomic mass is 32.2. The molecule has 1 aliphatic rings. The standard InChI is InChI=1S/C21H22N6O3S/c1-2-3-12-17(23-19-16-11-7-8-13-18(16)31(29,30)26-19)20(28)24-21-25-22-14-27(21)15-9-5-4-6-10-15/h4-11,13-14,17H,2-3,12H2,1H3,(H,23,26)(H,24,25,28). The molecule has 1 unspecified atom stereocenters. The molecule has 2 aromatic carbocycles. The molecular weight excluding hydrogens is 416 g/mol. The Kier molecular flexibility index (Phi) is 5.81. The van der Waals surface area contributed by atoms with Crippen LogP contribution in [-0.2, 0) is 14.8 Å². The molecule has 0 aliphatic carbocycles. The monoisotopic (exact) mass is 438 g/mol. The van der Waals surface area contributed by atoms with E-state index in [9.17, 15) is 13.2 Å². The molecule has 0 saturated carbocycles. The molecule has 0 bridgehead atoms. The topological polar surface area (TPSA) is 118 Å². The molecule has 2 heterocycles. The number of aromatic nitrogens is 3. The van der Waals surface area contributed by atoms with E-state index in [1.54, 1.807) is 22.8 Å². The van der Waals surface area contributed by atoms with E-state index >= 15 is 0 Å². The maximum Gasteiger partial charge on any atom is 0.263 e. The zero-order chi connectivity index (χ0) is 21.8. The number of rotatable bonds is 7. The van der Waals surface area contributed by atoms with Gasteiger partial charge in [-0.15, -0.1) is 10.2 Å². The summed E-state index contributed by atoms with van der Waals surface area (Å²) in [5, 5.41) is 10.7. The average molecular weight is 439 g/mol. The predicted octanol–water partition coefficient (Wildman–Crippen LogP) is 2.50. The molecule has 10 heteroatoms. The van der Waals surface area contributed by atoms with E-state index in [0.29, 0.717) is 12.0 Å². The summed E-state index contributed by atoms with van der Waals surface area (Å²) in [6, 6.07) is 15.2. The number of hydrogen-bond acceptors (Lipinski definition) is 6. The van der Waals surface area contributed by atoms with E-state index in [-0.39, 0.29) is 22.6 Å². The number of benzene rings is 2. The Hall–Kier alpha value is -3.53. The number of carbonyl (C=O) groups excluding carboxylic acids is 1. The van der Waals surface area contributed by atoms with Crippen molar-refractivity contribution in [3.63, 3.8) is 0 Å². The van der Waals surface area contributed by atoms with E-state index in [1.807, 2.05) is 37.3 Å². The predicted molar refractivity (Wildman–Crippen MR) is 117 cm³/mol. The SMILES string of the molecule is CCCCC(N=C1NS(=O)(=O)c2ccccc21)C(=O)Nc1nncn1-c1ccccc1. The highest BCUT2D eigenvalue weighted by Crippen LogP contribution is 2.23. The summed E-state index contributed by atoms with van der Waals surface area (Å²) in [7, 11) is -3.68. The second-order valence-corrected chi connectivity index (χ2v) is 8.74. The third kappa shape index (κ3) is 4.33. The van der Waals surface area contributed by atoms with Gasteiger partial charge in [0.2, 0.25) is 5.95 Å². The van der Waals surface area contributed by atoms with Crippen molar-refractivity contribution in [2.24, 2.45) is 4.99 Å². The van der Waals surface area contributed by atoms with Gasteiger partial charge >= 0.3 is 0 Å². The quantitative estimate of drug-likeness (QED) is 0.588. The fraction of sp³-hybridized carbons (Fsp3) is 0.238. The van der Waals surface area contributed by atoms with E-state index in [4.69, 9.17) is 0 Å². The maximum atomic E-state index is 13.1. The normalized spacial score (nSPS) is 16.5. The first-order valence-electron chi connectivity index (χ1n) is 9.96. The van der Waals surface area contributed by atoms with Crippen molar-refractivity contribution in [1.82, 2.24) is 19.5 Å². The summed E-state index contributed by atoms with van der Waals surface area (Å²) in [6.45, 7) is 2.02. The molecule has 31 heavy (non-hydrogen) atoms. The number of nitrogens with one attached hydrogen (secondary N) is 2. The minimum atomic E-state index is -3.68. The number of amidine groups is 1. The summed E-state index contributed by atoms with van der Waals surface area (Å²) < 4.78 is 28.9. The van der Waals surface area contributed by atoms with Crippen LogP contribution in [0.4, 0.5) is 5.95 Å². The Labute approximate surface area is 180 Å². The van der Waals surface area contributed by atoms with Gasteiger partial charge in [0.1, 0.15) is 18.2 Å². The third-order valence-electron chi connectivity index (χ3n) is 4.90. The van der Waals surface area contributed by atoms with Crippen LogP contribution in [0.25, 0.3) is 5.69 Å². The molecule has 3 aromatic rings. The molecule has 0 saturated heterocycles. The number of carbonyl (C=O) groups is 1. The van der Waals surface area contributed by atoms with Crippen LogP contribution in [0.15, 0.2) is 70.8 Å². The van der Waals surface area contributed by atoms with Crippen molar-refractivity contribution >= 4 is 27.7 Å². The molecule has 9 nitrogen and oxygen atoms in total. The first kappa shape index (κ1) is 20.7. The fourth-order valence-electron chi connectivity index (χ4n) is 3.33.